The standard InChI is InChI=1S/C26H17ClN6O6S2/c1-40(36,37)33-21-7-3-6-20-24(21)22(32-31-18-9-8-16(13-28)17(10-18)14-29)12-23(25(20)34)30-26(35)15-4-2-5-19(11-15)41(27,38)39/h2-12,33-34H,1H3,(H,30,35)/b32-31+. The van der Waals surface area contributed by atoms with E-state index in [9.17, 15) is 32.0 Å². The minimum Gasteiger partial charge on any atom is -0.505 e. The third-order valence-corrected chi connectivity index (χ3v) is 7.49. The Bertz CT molecular complexity index is 2070. The molecule has 15 heteroatoms. The number of halogens is 1. The molecule has 0 aliphatic rings. The van der Waals surface area contributed by atoms with Gasteiger partial charge in [-0.05, 0) is 48.5 Å². The molecule has 0 unspecified atom stereocenters. The van der Waals surface area contributed by atoms with E-state index in [1.807, 2.05) is 12.1 Å². The van der Waals surface area contributed by atoms with Crippen molar-refractivity contribution >= 4 is 69.2 Å². The third kappa shape index (κ3) is 6.59. The normalized spacial score (nSPS) is 11.6. The SMILES string of the molecule is CS(=O)(=O)Nc1cccc2c(O)c(NC(=O)c3cccc(S(=O)(=O)Cl)c3)cc(/N=N/c3ccc(C#N)c(C#N)c3)c12. The lowest BCUT2D eigenvalue weighted by Crippen LogP contribution is -2.13. The Morgan fingerprint density at radius 1 is 0.902 bits per heavy atom. The van der Waals surface area contributed by atoms with Crippen molar-refractivity contribution in [3.05, 3.63) is 83.4 Å². The molecule has 0 saturated heterocycles. The molecule has 0 radical (unpaired) electrons. The number of aromatic hydroxyl groups is 1. The number of rotatable bonds is 7. The van der Waals surface area contributed by atoms with Gasteiger partial charge in [-0.1, -0.05) is 18.2 Å². The molecule has 0 atom stereocenters. The summed E-state index contributed by atoms with van der Waals surface area (Å²) in [6, 6.07) is 18.5. The van der Waals surface area contributed by atoms with Gasteiger partial charge in [0.2, 0.25) is 10.0 Å². The predicted molar refractivity (Wildman–Crippen MR) is 152 cm³/mol. The van der Waals surface area contributed by atoms with Crippen molar-refractivity contribution in [3.63, 3.8) is 0 Å². The molecule has 3 N–H and O–H groups in total. The first-order valence-electron chi connectivity index (χ1n) is 11.3. The summed E-state index contributed by atoms with van der Waals surface area (Å²) in [5.74, 6) is -1.23. The number of azo groups is 1. The van der Waals surface area contributed by atoms with Crippen LogP contribution in [-0.2, 0) is 19.1 Å². The topological polar surface area (TPSA) is 202 Å². The fourth-order valence-electron chi connectivity index (χ4n) is 3.79. The lowest BCUT2D eigenvalue weighted by atomic mass is 10.0. The first kappa shape index (κ1) is 29.0. The predicted octanol–water partition coefficient (Wildman–Crippen LogP) is 5.26. The van der Waals surface area contributed by atoms with Gasteiger partial charge in [0.15, 0.2) is 0 Å². The van der Waals surface area contributed by atoms with E-state index in [0.29, 0.717) is 0 Å². The molecule has 4 aromatic rings. The number of fused-ring (bicyclic) bond motifs is 1. The number of nitrogens with one attached hydrogen (secondary N) is 2. The Balaban J connectivity index is 1.87. The second-order valence-electron chi connectivity index (χ2n) is 8.47. The Labute approximate surface area is 238 Å². The molecule has 0 spiro atoms. The van der Waals surface area contributed by atoms with Crippen LogP contribution in [0.15, 0.2) is 81.9 Å². The first-order valence-corrected chi connectivity index (χ1v) is 15.5. The van der Waals surface area contributed by atoms with E-state index in [1.54, 1.807) is 0 Å². The van der Waals surface area contributed by atoms with E-state index in [2.05, 4.69) is 20.3 Å². The fourth-order valence-corrected chi connectivity index (χ4v) is 5.15. The van der Waals surface area contributed by atoms with Gasteiger partial charge in [-0.3, -0.25) is 9.52 Å². The average Bonchev–Trinajstić information content (AvgIpc) is 2.92. The van der Waals surface area contributed by atoms with Gasteiger partial charge in [0.25, 0.3) is 15.0 Å². The second-order valence-corrected chi connectivity index (χ2v) is 12.8. The molecule has 41 heavy (non-hydrogen) atoms. The van der Waals surface area contributed by atoms with Gasteiger partial charge in [-0.15, -0.1) is 5.11 Å². The molecule has 0 heterocycles. The quantitative estimate of drug-likeness (QED) is 0.143. The van der Waals surface area contributed by atoms with Gasteiger partial charge in [-0.25, -0.2) is 16.8 Å². The molecular formula is C26H17ClN6O6S2. The van der Waals surface area contributed by atoms with Gasteiger partial charge >= 0.3 is 0 Å². The molecule has 0 aliphatic heterocycles. The zero-order valence-electron chi connectivity index (χ0n) is 20.8. The molecule has 0 fully saturated rings. The number of nitrogens with zero attached hydrogens (tertiary/aromatic N) is 4. The number of anilines is 2. The highest BCUT2D eigenvalue weighted by molar-refractivity contribution is 8.13. The zero-order valence-corrected chi connectivity index (χ0v) is 23.2. The van der Waals surface area contributed by atoms with Crippen LogP contribution in [0.1, 0.15) is 21.5 Å². The Kier molecular flexibility index (Phi) is 7.93. The highest BCUT2D eigenvalue weighted by Gasteiger charge is 2.20. The number of nitriles is 2. The van der Waals surface area contributed by atoms with Gasteiger partial charge in [-0.2, -0.15) is 15.6 Å². The highest BCUT2D eigenvalue weighted by atomic mass is 35.7. The van der Waals surface area contributed by atoms with Crippen LogP contribution >= 0.6 is 10.7 Å². The minimum absolute atomic E-state index is 0.0137. The Morgan fingerprint density at radius 2 is 1.61 bits per heavy atom. The summed E-state index contributed by atoms with van der Waals surface area (Å²) in [6.45, 7) is 0. The summed E-state index contributed by atoms with van der Waals surface area (Å²) in [4.78, 5) is 12.7. The summed E-state index contributed by atoms with van der Waals surface area (Å²) >= 11 is 0. The summed E-state index contributed by atoms with van der Waals surface area (Å²) in [5, 5.41) is 40.5. The smallest absolute Gasteiger partial charge is 0.261 e. The van der Waals surface area contributed by atoms with Gasteiger partial charge in [0, 0.05) is 27.0 Å². The van der Waals surface area contributed by atoms with Crippen molar-refractivity contribution in [2.24, 2.45) is 10.2 Å². The molecular weight excluding hydrogens is 592 g/mol. The van der Waals surface area contributed by atoms with Gasteiger partial charge in [0.1, 0.15) is 17.9 Å². The van der Waals surface area contributed by atoms with Gasteiger partial charge in [0.05, 0.1) is 45.0 Å². The minimum atomic E-state index is -4.12. The molecule has 0 saturated carbocycles. The summed E-state index contributed by atoms with van der Waals surface area (Å²) in [6.07, 6.45) is 0.941. The van der Waals surface area contributed by atoms with Crippen molar-refractivity contribution in [2.45, 2.75) is 4.90 Å². The van der Waals surface area contributed by atoms with Crippen molar-refractivity contribution in [2.75, 3.05) is 16.3 Å². The summed E-state index contributed by atoms with van der Waals surface area (Å²) in [7, 11) is -2.50. The second kappa shape index (κ2) is 11.2. The van der Waals surface area contributed by atoms with Crippen LogP contribution in [0.4, 0.5) is 22.7 Å². The van der Waals surface area contributed by atoms with E-state index in [4.69, 9.17) is 15.9 Å². The lowest BCUT2D eigenvalue weighted by Gasteiger charge is -2.15. The molecule has 0 aliphatic carbocycles. The number of phenolic OH excluding ortho intramolecular Hbond substituents is 1. The largest absolute Gasteiger partial charge is 0.505 e. The highest BCUT2D eigenvalue weighted by Crippen LogP contribution is 2.43. The van der Waals surface area contributed by atoms with E-state index >= 15 is 0 Å². The molecule has 4 aromatic carbocycles. The maximum Gasteiger partial charge on any atom is 0.261 e. The van der Waals surface area contributed by atoms with Crippen molar-refractivity contribution in [1.82, 2.24) is 0 Å². The maximum atomic E-state index is 13.0. The number of carbonyl (C=O) groups is 1. The van der Waals surface area contributed by atoms with E-state index in [0.717, 1.165) is 12.3 Å². The molecule has 12 nitrogen and oxygen atoms in total. The fraction of sp³-hybridized carbons (Fsp3) is 0.0385. The molecule has 0 bridgehead atoms. The van der Waals surface area contributed by atoms with Crippen LogP contribution in [0.2, 0.25) is 0 Å². The molecule has 206 valence electrons. The van der Waals surface area contributed by atoms with Crippen LogP contribution < -0.4 is 10.0 Å². The van der Waals surface area contributed by atoms with E-state index in [1.165, 1.54) is 60.7 Å². The summed E-state index contributed by atoms with van der Waals surface area (Å²) in [5.41, 5.74) is 0.239. The zero-order chi connectivity index (χ0) is 29.9. The van der Waals surface area contributed by atoms with Crippen LogP contribution in [0.25, 0.3) is 10.8 Å². The third-order valence-electron chi connectivity index (χ3n) is 5.55. The average molecular weight is 609 g/mol. The van der Waals surface area contributed by atoms with Crippen LogP contribution in [0, 0.1) is 22.7 Å². The number of phenols is 1. The number of hydrogen-bond donors (Lipinski definition) is 3. The van der Waals surface area contributed by atoms with Gasteiger partial charge < -0.3 is 10.4 Å². The van der Waals surface area contributed by atoms with E-state index < -0.39 is 30.7 Å². The maximum absolute atomic E-state index is 13.0. The van der Waals surface area contributed by atoms with Crippen LogP contribution in [0.3, 0.4) is 0 Å². The number of amides is 1. The molecule has 4 rings (SSSR count). The number of carbonyl (C=O) groups excluding carboxylic acids is 1. The van der Waals surface area contributed by atoms with Crippen LogP contribution in [-0.4, -0.2) is 34.1 Å². The van der Waals surface area contributed by atoms with E-state index in [-0.39, 0.29) is 55.1 Å². The number of sulfonamides is 1. The lowest BCUT2D eigenvalue weighted by molar-refractivity contribution is 0.102. The monoisotopic (exact) mass is 608 g/mol. The van der Waals surface area contributed by atoms with Crippen molar-refractivity contribution < 1.29 is 26.7 Å². The van der Waals surface area contributed by atoms with Crippen molar-refractivity contribution in [1.29, 1.82) is 10.5 Å². The molecule has 1 amide bonds. The summed E-state index contributed by atoms with van der Waals surface area (Å²) < 4.78 is 49.8. The number of hydrogen-bond acceptors (Lipinski definition) is 10. The Morgan fingerprint density at radius 3 is 2.27 bits per heavy atom. The van der Waals surface area contributed by atoms with Crippen molar-refractivity contribution in [3.8, 4) is 17.9 Å². The molecule has 0 aromatic heterocycles. The Hall–Kier alpha value is -5.02. The first-order chi connectivity index (χ1) is 19.3. The number of benzene rings is 4. The van der Waals surface area contributed by atoms with Crippen LogP contribution in [0.5, 0.6) is 5.75 Å².